The number of fused-ring (bicyclic) bond motifs is 1. The van der Waals surface area contributed by atoms with Crippen molar-refractivity contribution >= 4 is 23.2 Å². The molecule has 1 unspecified atom stereocenters. The van der Waals surface area contributed by atoms with Crippen molar-refractivity contribution in [3.05, 3.63) is 77.6 Å². The second-order valence-corrected chi connectivity index (χ2v) is 10.1. The minimum absolute atomic E-state index is 0.152. The number of ether oxygens (including phenoxy) is 1. The van der Waals surface area contributed by atoms with Crippen LogP contribution in [0.1, 0.15) is 47.4 Å². The van der Waals surface area contributed by atoms with Crippen molar-refractivity contribution in [2.24, 2.45) is 5.92 Å². The zero-order valence-corrected chi connectivity index (χ0v) is 21.6. The molecule has 0 radical (unpaired) electrons. The monoisotopic (exact) mass is 514 g/mol. The summed E-state index contributed by atoms with van der Waals surface area (Å²) in [6.45, 7) is 6.18. The molecular weight excluding hydrogens is 483 g/mol. The average Bonchev–Trinajstić information content (AvgIpc) is 3.58. The number of carbonyl (C=O) groups excluding carboxylic acids is 2. The van der Waals surface area contributed by atoms with Gasteiger partial charge >= 0.3 is 0 Å². The maximum Gasteiger partial charge on any atom is 0.251 e. The molecule has 196 valence electrons. The van der Waals surface area contributed by atoms with E-state index < -0.39 is 0 Å². The fraction of sp³-hybridized carbons (Fsp3) is 0.290. The van der Waals surface area contributed by atoms with Crippen molar-refractivity contribution in [1.82, 2.24) is 10.6 Å². The molecule has 7 heteroatoms. The van der Waals surface area contributed by atoms with E-state index in [1.807, 2.05) is 38.1 Å². The van der Waals surface area contributed by atoms with Crippen LogP contribution in [0.5, 0.6) is 5.75 Å². The fourth-order valence-electron chi connectivity index (χ4n) is 4.73. The van der Waals surface area contributed by atoms with E-state index in [0.29, 0.717) is 58.2 Å². The van der Waals surface area contributed by atoms with Gasteiger partial charge in [-0.3, -0.25) is 9.59 Å². The number of furan rings is 1. The van der Waals surface area contributed by atoms with Gasteiger partial charge in [0.2, 0.25) is 0 Å². The van der Waals surface area contributed by atoms with E-state index in [0.717, 1.165) is 36.8 Å². The zero-order valence-electron chi connectivity index (χ0n) is 21.6. The van der Waals surface area contributed by atoms with Gasteiger partial charge in [-0.05, 0) is 85.5 Å². The third-order valence-corrected chi connectivity index (χ3v) is 6.78. The van der Waals surface area contributed by atoms with Crippen LogP contribution >= 0.6 is 0 Å². The summed E-state index contributed by atoms with van der Waals surface area (Å²) in [4.78, 5) is 25.0. The maximum atomic E-state index is 13.5. The van der Waals surface area contributed by atoms with Gasteiger partial charge in [0.25, 0.3) is 5.91 Å². The van der Waals surface area contributed by atoms with Crippen LogP contribution < -0.4 is 15.4 Å². The number of nitrogens with one attached hydrogen (secondary N) is 2. The Balaban J connectivity index is 1.55. The van der Waals surface area contributed by atoms with Crippen LogP contribution in [0.4, 0.5) is 4.39 Å². The van der Waals surface area contributed by atoms with Gasteiger partial charge in [-0.2, -0.15) is 0 Å². The number of carbonyl (C=O) groups is 2. The molecule has 0 saturated carbocycles. The molecular formula is C31H31FN2O4. The van der Waals surface area contributed by atoms with Crippen molar-refractivity contribution in [2.45, 2.75) is 32.7 Å². The summed E-state index contributed by atoms with van der Waals surface area (Å²) >= 11 is 0. The van der Waals surface area contributed by atoms with E-state index in [9.17, 15) is 14.0 Å². The summed E-state index contributed by atoms with van der Waals surface area (Å²) in [6, 6.07) is 17.1. The lowest BCUT2D eigenvalue weighted by Crippen LogP contribution is -2.28. The quantitative estimate of drug-likeness (QED) is 0.259. The number of benzene rings is 3. The molecule has 1 saturated heterocycles. The number of amides is 1. The first-order chi connectivity index (χ1) is 18.4. The molecule has 1 aliphatic rings. The Morgan fingerprint density at radius 1 is 1.13 bits per heavy atom. The van der Waals surface area contributed by atoms with Crippen molar-refractivity contribution in [3.8, 4) is 28.2 Å². The Kier molecular flexibility index (Phi) is 7.56. The highest BCUT2D eigenvalue weighted by Crippen LogP contribution is 2.38. The van der Waals surface area contributed by atoms with E-state index in [1.54, 1.807) is 24.3 Å². The topological polar surface area (TPSA) is 80.6 Å². The van der Waals surface area contributed by atoms with Crippen molar-refractivity contribution < 1.29 is 23.1 Å². The number of hydrogen-bond donors (Lipinski definition) is 2. The molecule has 1 atom stereocenters. The SMILES string of the molecule is CC(C)CNC(=O)c1ccc(OCC2CCCN2)c(-c2ccc3oc(-c4ccc(F)cc4)c(C=O)c3c2)c1. The van der Waals surface area contributed by atoms with Crippen molar-refractivity contribution in [1.29, 1.82) is 0 Å². The predicted octanol–water partition coefficient (Wildman–Crippen LogP) is 6.24. The summed E-state index contributed by atoms with van der Waals surface area (Å²) in [7, 11) is 0. The maximum absolute atomic E-state index is 13.5. The third kappa shape index (κ3) is 5.48. The number of hydrogen-bond acceptors (Lipinski definition) is 5. The molecule has 38 heavy (non-hydrogen) atoms. The highest BCUT2D eigenvalue weighted by atomic mass is 19.1. The normalized spacial score (nSPS) is 15.2. The molecule has 1 aromatic heterocycles. The molecule has 6 nitrogen and oxygen atoms in total. The highest BCUT2D eigenvalue weighted by molar-refractivity contribution is 6.04. The number of halogens is 1. The van der Waals surface area contributed by atoms with Gasteiger partial charge in [0.1, 0.15) is 29.5 Å². The molecule has 0 aliphatic carbocycles. The second kappa shape index (κ2) is 11.2. The van der Waals surface area contributed by atoms with E-state index in [1.165, 1.54) is 12.1 Å². The Hall–Kier alpha value is -3.97. The van der Waals surface area contributed by atoms with Crippen LogP contribution in [0, 0.1) is 11.7 Å². The Labute approximate surface area is 221 Å². The standard InChI is InChI=1S/C31H31FN2O4/c1-19(2)16-34-31(36)22-8-11-28(37-18-24-4-3-13-33-24)25(15-22)21-7-12-29-26(14-21)27(17-35)30(38-29)20-5-9-23(32)10-6-20/h5-12,14-15,17,19,24,33H,3-4,13,16,18H2,1-2H3,(H,34,36). The Bertz CT molecular complexity index is 1450. The molecule has 1 aliphatic heterocycles. The molecule has 2 heterocycles. The predicted molar refractivity (Wildman–Crippen MR) is 146 cm³/mol. The fourth-order valence-corrected chi connectivity index (χ4v) is 4.73. The van der Waals surface area contributed by atoms with Gasteiger partial charge in [0, 0.05) is 34.7 Å². The van der Waals surface area contributed by atoms with Crippen LogP contribution in [0.3, 0.4) is 0 Å². The van der Waals surface area contributed by atoms with E-state index in [-0.39, 0.29) is 17.8 Å². The van der Waals surface area contributed by atoms with Gasteiger partial charge < -0.3 is 19.8 Å². The van der Waals surface area contributed by atoms with Crippen LogP contribution in [0.15, 0.2) is 65.1 Å². The molecule has 0 bridgehead atoms. The smallest absolute Gasteiger partial charge is 0.251 e. The van der Waals surface area contributed by atoms with Gasteiger partial charge in [-0.1, -0.05) is 19.9 Å². The minimum Gasteiger partial charge on any atom is -0.491 e. The largest absolute Gasteiger partial charge is 0.491 e. The minimum atomic E-state index is -0.363. The van der Waals surface area contributed by atoms with E-state index in [2.05, 4.69) is 10.6 Å². The Morgan fingerprint density at radius 3 is 2.63 bits per heavy atom. The zero-order chi connectivity index (χ0) is 26.6. The van der Waals surface area contributed by atoms with E-state index >= 15 is 0 Å². The lowest BCUT2D eigenvalue weighted by Gasteiger charge is -2.17. The second-order valence-electron chi connectivity index (χ2n) is 10.1. The van der Waals surface area contributed by atoms with Crippen molar-refractivity contribution in [2.75, 3.05) is 19.7 Å². The summed E-state index contributed by atoms with van der Waals surface area (Å²) in [5, 5.41) is 7.04. The molecule has 1 amide bonds. The number of aldehydes is 1. The molecule has 1 fully saturated rings. The molecule has 0 spiro atoms. The Morgan fingerprint density at radius 2 is 1.92 bits per heavy atom. The summed E-state index contributed by atoms with van der Waals surface area (Å²) < 4.78 is 25.7. The first kappa shape index (κ1) is 25.7. The van der Waals surface area contributed by atoms with Gasteiger partial charge in [0.15, 0.2) is 6.29 Å². The third-order valence-electron chi connectivity index (χ3n) is 6.78. The lowest BCUT2D eigenvalue weighted by atomic mass is 9.98. The summed E-state index contributed by atoms with van der Waals surface area (Å²) in [5.41, 5.74) is 3.61. The number of rotatable bonds is 9. The van der Waals surface area contributed by atoms with Crippen LogP contribution in [-0.2, 0) is 0 Å². The van der Waals surface area contributed by atoms with Crippen molar-refractivity contribution in [3.63, 3.8) is 0 Å². The summed E-state index contributed by atoms with van der Waals surface area (Å²) in [5.74, 6) is 0.865. The van der Waals surface area contributed by atoms with Crippen LogP contribution in [0.2, 0.25) is 0 Å². The molecule has 4 aromatic rings. The van der Waals surface area contributed by atoms with Gasteiger partial charge in [0.05, 0.1) is 5.56 Å². The lowest BCUT2D eigenvalue weighted by molar-refractivity contribution is 0.0948. The average molecular weight is 515 g/mol. The molecule has 3 aromatic carbocycles. The first-order valence-corrected chi connectivity index (χ1v) is 13.0. The van der Waals surface area contributed by atoms with E-state index in [4.69, 9.17) is 9.15 Å². The molecule has 2 N–H and O–H groups in total. The van der Waals surface area contributed by atoms with Crippen LogP contribution in [0.25, 0.3) is 33.4 Å². The molecule has 5 rings (SSSR count). The first-order valence-electron chi connectivity index (χ1n) is 13.0. The van der Waals surface area contributed by atoms with Crippen LogP contribution in [-0.4, -0.2) is 37.9 Å². The van der Waals surface area contributed by atoms with Gasteiger partial charge in [-0.25, -0.2) is 4.39 Å². The van der Waals surface area contributed by atoms with Gasteiger partial charge in [-0.15, -0.1) is 0 Å². The highest BCUT2D eigenvalue weighted by Gasteiger charge is 2.20. The summed E-state index contributed by atoms with van der Waals surface area (Å²) in [6.07, 6.45) is 2.94.